The normalized spacial score (nSPS) is 16.8. The standard InChI is InChI=1S/C12H13BrO/c13-11-5-3-9(4-6-11)1-2-10-7-12(14)8-10/h3-6,10H,1-2,7-8H2. The summed E-state index contributed by atoms with van der Waals surface area (Å²) < 4.78 is 1.13. The first-order valence-corrected chi connectivity index (χ1v) is 5.79. The van der Waals surface area contributed by atoms with E-state index in [-0.39, 0.29) is 0 Å². The Morgan fingerprint density at radius 3 is 2.43 bits per heavy atom. The number of carbonyl (C=O) groups excluding carboxylic acids is 1. The Morgan fingerprint density at radius 1 is 1.21 bits per heavy atom. The third-order valence-electron chi connectivity index (χ3n) is 2.79. The fourth-order valence-corrected chi connectivity index (χ4v) is 2.07. The Bertz CT molecular complexity index is 321. The van der Waals surface area contributed by atoms with Crippen molar-refractivity contribution in [3.05, 3.63) is 34.3 Å². The predicted molar refractivity (Wildman–Crippen MR) is 60.2 cm³/mol. The fraction of sp³-hybridized carbons (Fsp3) is 0.417. The molecule has 0 aliphatic heterocycles. The highest BCUT2D eigenvalue weighted by Gasteiger charge is 2.25. The molecule has 0 bridgehead atoms. The number of hydrogen-bond acceptors (Lipinski definition) is 1. The third-order valence-corrected chi connectivity index (χ3v) is 3.32. The van der Waals surface area contributed by atoms with Gasteiger partial charge in [-0.3, -0.25) is 4.79 Å². The summed E-state index contributed by atoms with van der Waals surface area (Å²) in [5, 5.41) is 0. The molecule has 0 unspecified atom stereocenters. The van der Waals surface area contributed by atoms with Crippen LogP contribution >= 0.6 is 15.9 Å². The summed E-state index contributed by atoms with van der Waals surface area (Å²) in [7, 11) is 0. The summed E-state index contributed by atoms with van der Waals surface area (Å²) in [5.74, 6) is 1.09. The van der Waals surface area contributed by atoms with E-state index in [4.69, 9.17) is 0 Å². The smallest absolute Gasteiger partial charge is 0.133 e. The van der Waals surface area contributed by atoms with Crippen LogP contribution in [-0.4, -0.2) is 5.78 Å². The average Bonchev–Trinajstić information content (AvgIpc) is 2.13. The molecule has 0 saturated heterocycles. The SMILES string of the molecule is O=C1CC(CCc2ccc(Br)cc2)C1. The predicted octanol–water partition coefficient (Wildman–Crippen LogP) is 3.36. The summed E-state index contributed by atoms with van der Waals surface area (Å²) in [4.78, 5) is 10.8. The van der Waals surface area contributed by atoms with E-state index in [2.05, 4.69) is 40.2 Å². The summed E-state index contributed by atoms with van der Waals surface area (Å²) in [5.41, 5.74) is 1.37. The molecule has 0 N–H and O–H groups in total. The van der Waals surface area contributed by atoms with Gasteiger partial charge in [0.2, 0.25) is 0 Å². The first kappa shape index (κ1) is 9.91. The van der Waals surface area contributed by atoms with Gasteiger partial charge in [0, 0.05) is 17.3 Å². The van der Waals surface area contributed by atoms with Gasteiger partial charge in [0.25, 0.3) is 0 Å². The molecule has 1 aromatic rings. The minimum atomic E-state index is 0.436. The molecule has 74 valence electrons. The maximum Gasteiger partial charge on any atom is 0.133 e. The Morgan fingerprint density at radius 2 is 1.86 bits per heavy atom. The number of hydrogen-bond donors (Lipinski definition) is 0. The summed E-state index contributed by atoms with van der Waals surface area (Å²) in [6, 6.07) is 8.43. The van der Waals surface area contributed by atoms with E-state index in [1.807, 2.05) is 0 Å². The average molecular weight is 253 g/mol. The fourth-order valence-electron chi connectivity index (χ4n) is 1.81. The van der Waals surface area contributed by atoms with Gasteiger partial charge in [-0.05, 0) is 36.5 Å². The van der Waals surface area contributed by atoms with Crippen molar-refractivity contribution in [1.82, 2.24) is 0 Å². The summed E-state index contributed by atoms with van der Waals surface area (Å²) in [6.07, 6.45) is 3.89. The zero-order valence-electron chi connectivity index (χ0n) is 8.00. The number of Topliss-reactive ketones (excluding diaryl/α,β-unsaturated/α-hetero) is 1. The quantitative estimate of drug-likeness (QED) is 0.807. The Labute approximate surface area is 92.6 Å². The first-order chi connectivity index (χ1) is 6.74. The van der Waals surface area contributed by atoms with E-state index in [0.717, 1.165) is 30.2 Å². The van der Waals surface area contributed by atoms with Crippen LogP contribution < -0.4 is 0 Å². The molecular formula is C12H13BrO. The van der Waals surface area contributed by atoms with Crippen molar-refractivity contribution in [2.75, 3.05) is 0 Å². The van der Waals surface area contributed by atoms with Crippen LogP contribution in [0.5, 0.6) is 0 Å². The highest BCUT2D eigenvalue weighted by Crippen LogP contribution is 2.27. The highest BCUT2D eigenvalue weighted by atomic mass is 79.9. The molecule has 0 amide bonds. The maximum atomic E-state index is 10.8. The molecule has 1 aliphatic carbocycles. The van der Waals surface area contributed by atoms with Gasteiger partial charge in [-0.2, -0.15) is 0 Å². The van der Waals surface area contributed by atoms with Crippen LogP contribution in [0.25, 0.3) is 0 Å². The summed E-state index contributed by atoms with van der Waals surface area (Å²) in [6.45, 7) is 0. The van der Waals surface area contributed by atoms with Crippen LogP contribution in [0.3, 0.4) is 0 Å². The minimum absolute atomic E-state index is 0.436. The molecule has 1 fully saturated rings. The lowest BCUT2D eigenvalue weighted by Crippen LogP contribution is -2.23. The molecule has 1 aromatic carbocycles. The second-order valence-electron chi connectivity index (χ2n) is 3.98. The molecule has 1 aliphatic rings. The van der Waals surface area contributed by atoms with Crippen LogP contribution in [0.15, 0.2) is 28.7 Å². The van der Waals surface area contributed by atoms with E-state index in [1.54, 1.807) is 0 Å². The Hall–Kier alpha value is -0.630. The number of carbonyl (C=O) groups is 1. The molecule has 0 heterocycles. The van der Waals surface area contributed by atoms with Crippen molar-refractivity contribution in [3.8, 4) is 0 Å². The summed E-state index contributed by atoms with van der Waals surface area (Å²) >= 11 is 3.41. The lowest BCUT2D eigenvalue weighted by Gasteiger charge is -2.23. The minimum Gasteiger partial charge on any atom is -0.300 e. The van der Waals surface area contributed by atoms with Crippen molar-refractivity contribution >= 4 is 21.7 Å². The van der Waals surface area contributed by atoms with Crippen LogP contribution in [-0.2, 0) is 11.2 Å². The number of benzene rings is 1. The highest BCUT2D eigenvalue weighted by molar-refractivity contribution is 9.10. The van der Waals surface area contributed by atoms with Crippen molar-refractivity contribution in [3.63, 3.8) is 0 Å². The van der Waals surface area contributed by atoms with E-state index in [9.17, 15) is 4.79 Å². The molecule has 0 aromatic heterocycles. The molecule has 14 heavy (non-hydrogen) atoms. The van der Waals surface area contributed by atoms with Crippen LogP contribution in [0.2, 0.25) is 0 Å². The molecule has 0 atom stereocenters. The lowest BCUT2D eigenvalue weighted by molar-refractivity contribution is -0.126. The van der Waals surface area contributed by atoms with Crippen molar-refractivity contribution in [2.45, 2.75) is 25.7 Å². The van der Waals surface area contributed by atoms with Gasteiger partial charge < -0.3 is 0 Å². The zero-order valence-corrected chi connectivity index (χ0v) is 9.59. The largest absolute Gasteiger partial charge is 0.300 e. The lowest BCUT2D eigenvalue weighted by atomic mass is 9.80. The third kappa shape index (κ3) is 2.44. The molecule has 2 heteroatoms. The Kier molecular flexibility index (Phi) is 3.02. The van der Waals surface area contributed by atoms with Crippen molar-refractivity contribution < 1.29 is 4.79 Å². The number of halogens is 1. The monoisotopic (exact) mass is 252 g/mol. The van der Waals surface area contributed by atoms with Crippen LogP contribution in [0, 0.1) is 5.92 Å². The Balaban J connectivity index is 1.80. The number of aryl methyl sites for hydroxylation is 1. The molecule has 1 saturated carbocycles. The van der Waals surface area contributed by atoms with Gasteiger partial charge in [-0.25, -0.2) is 0 Å². The molecule has 0 radical (unpaired) electrons. The molecule has 0 spiro atoms. The second kappa shape index (κ2) is 4.26. The van der Waals surface area contributed by atoms with Crippen LogP contribution in [0.1, 0.15) is 24.8 Å². The van der Waals surface area contributed by atoms with Crippen LogP contribution in [0.4, 0.5) is 0 Å². The van der Waals surface area contributed by atoms with E-state index in [0.29, 0.717) is 11.7 Å². The number of ketones is 1. The molecule has 1 nitrogen and oxygen atoms in total. The van der Waals surface area contributed by atoms with Gasteiger partial charge in [-0.1, -0.05) is 28.1 Å². The van der Waals surface area contributed by atoms with Gasteiger partial charge in [0.15, 0.2) is 0 Å². The van der Waals surface area contributed by atoms with Gasteiger partial charge in [0.05, 0.1) is 0 Å². The molecular weight excluding hydrogens is 240 g/mol. The van der Waals surface area contributed by atoms with Gasteiger partial charge in [-0.15, -0.1) is 0 Å². The maximum absolute atomic E-state index is 10.8. The first-order valence-electron chi connectivity index (χ1n) is 5.00. The number of rotatable bonds is 3. The zero-order chi connectivity index (χ0) is 9.97. The van der Waals surface area contributed by atoms with Gasteiger partial charge in [0.1, 0.15) is 5.78 Å². The van der Waals surface area contributed by atoms with E-state index >= 15 is 0 Å². The van der Waals surface area contributed by atoms with E-state index in [1.165, 1.54) is 5.56 Å². The molecule has 2 rings (SSSR count). The van der Waals surface area contributed by atoms with E-state index < -0.39 is 0 Å². The van der Waals surface area contributed by atoms with Gasteiger partial charge >= 0.3 is 0 Å². The van der Waals surface area contributed by atoms with Crippen molar-refractivity contribution in [1.29, 1.82) is 0 Å². The topological polar surface area (TPSA) is 17.1 Å². The van der Waals surface area contributed by atoms with Crippen molar-refractivity contribution in [2.24, 2.45) is 5.92 Å². The second-order valence-corrected chi connectivity index (χ2v) is 4.89.